The van der Waals surface area contributed by atoms with E-state index in [2.05, 4.69) is 10.3 Å². The molecule has 2 aliphatic heterocycles. The molecule has 2 amide bonds. The molecule has 1 aromatic heterocycles. The molecular formula is C21H25FN4O2. The molecule has 2 bridgehead atoms. The highest BCUT2D eigenvalue weighted by atomic mass is 19.1. The van der Waals surface area contributed by atoms with E-state index in [1.54, 1.807) is 12.1 Å². The molecule has 2 atom stereocenters. The molecule has 1 fully saturated rings. The second kappa shape index (κ2) is 8.22. The van der Waals surface area contributed by atoms with Crippen molar-refractivity contribution in [2.75, 3.05) is 19.8 Å². The lowest BCUT2D eigenvalue weighted by Crippen LogP contribution is -2.47. The van der Waals surface area contributed by atoms with Gasteiger partial charge in [-0.2, -0.15) is 0 Å². The van der Waals surface area contributed by atoms with E-state index in [0.717, 1.165) is 42.5 Å². The van der Waals surface area contributed by atoms with Crippen molar-refractivity contribution < 1.29 is 13.9 Å². The molecular weight excluding hydrogens is 359 g/mol. The zero-order valence-corrected chi connectivity index (χ0v) is 16.0. The Morgan fingerprint density at radius 1 is 1.32 bits per heavy atom. The predicted molar refractivity (Wildman–Crippen MR) is 103 cm³/mol. The predicted octanol–water partition coefficient (Wildman–Crippen LogP) is 3.48. The van der Waals surface area contributed by atoms with Gasteiger partial charge in [0.1, 0.15) is 5.82 Å². The summed E-state index contributed by atoms with van der Waals surface area (Å²) in [6.45, 7) is 3.93. The summed E-state index contributed by atoms with van der Waals surface area (Å²) in [5.41, 5.74) is 2.83. The first-order valence-corrected chi connectivity index (χ1v) is 9.93. The molecule has 2 unspecified atom stereocenters. The lowest BCUT2D eigenvalue weighted by atomic mass is 9.99. The molecule has 0 spiro atoms. The van der Waals surface area contributed by atoms with E-state index in [0.29, 0.717) is 25.6 Å². The normalized spacial score (nSPS) is 20.1. The Kier molecular flexibility index (Phi) is 5.52. The highest BCUT2D eigenvalue weighted by Gasteiger charge is 2.43. The van der Waals surface area contributed by atoms with Crippen molar-refractivity contribution in [3.8, 4) is 11.4 Å². The summed E-state index contributed by atoms with van der Waals surface area (Å²) in [7, 11) is 0. The molecule has 0 radical (unpaired) electrons. The molecule has 0 saturated carbocycles. The summed E-state index contributed by atoms with van der Waals surface area (Å²) in [6.07, 6.45) is 5.28. The van der Waals surface area contributed by atoms with Gasteiger partial charge in [0.25, 0.3) is 0 Å². The zero-order valence-electron chi connectivity index (χ0n) is 16.0. The number of carbonyl (C=O) groups excluding carboxylic acids is 1. The number of carbonyl (C=O) groups is 1. The monoisotopic (exact) mass is 384 g/mol. The fourth-order valence-electron chi connectivity index (χ4n) is 4.13. The summed E-state index contributed by atoms with van der Waals surface area (Å²) in [5.74, 6) is 0.328. The fraction of sp³-hybridized carbons (Fsp3) is 0.476. The molecule has 2 aromatic rings. The van der Waals surface area contributed by atoms with E-state index in [-0.39, 0.29) is 23.9 Å². The number of halogens is 1. The van der Waals surface area contributed by atoms with Crippen LogP contribution in [0, 0.1) is 5.82 Å². The number of urea groups is 1. The van der Waals surface area contributed by atoms with E-state index in [4.69, 9.17) is 9.72 Å². The molecule has 148 valence electrons. The third-order valence-corrected chi connectivity index (χ3v) is 5.47. The summed E-state index contributed by atoms with van der Waals surface area (Å²) in [5, 5.41) is 3.02. The number of hydrogen-bond acceptors (Lipinski definition) is 4. The number of nitrogens with zero attached hydrogens (tertiary/aromatic N) is 3. The van der Waals surface area contributed by atoms with Crippen LogP contribution in [0.15, 0.2) is 30.5 Å². The molecule has 1 saturated heterocycles. The lowest BCUT2D eigenvalue weighted by Gasteiger charge is -2.35. The molecule has 28 heavy (non-hydrogen) atoms. The van der Waals surface area contributed by atoms with E-state index in [1.807, 2.05) is 18.0 Å². The number of aromatic nitrogens is 2. The Bertz CT molecular complexity index is 843. The number of hydrogen-bond donors (Lipinski definition) is 1. The standard InChI is InChI=1S/C21H25FN4O2/c1-2-28-11-3-10-23-21(27)26-16-8-9-19(26)17-13-24-20(25-18(17)12-16)14-4-6-15(22)7-5-14/h4-7,13,16,19H,2-3,8-12H2,1H3,(H,23,27). The van der Waals surface area contributed by atoms with Crippen LogP contribution in [0.1, 0.15) is 43.5 Å². The molecule has 1 N–H and O–H groups in total. The second-order valence-electron chi connectivity index (χ2n) is 7.24. The van der Waals surface area contributed by atoms with Gasteiger partial charge in [0.2, 0.25) is 0 Å². The van der Waals surface area contributed by atoms with Crippen LogP contribution in [-0.4, -0.2) is 46.7 Å². The van der Waals surface area contributed by atoms with Gasteiger partial charge in [-0.05, 0) is 50.5 Å². The van der Waals surface area contributed by atoms with E-state index < -0.39 is 0 Å². The van der Waals surface area contributed by atoms with Crippen LogP contribution >= 0.6 is 0 Å². The van der Waals surface area contributed by atoms with Gasteiger partial charge >= 0.3 is 6.03 Å². The van der Waals surface area contributed by atoms with Crippen LogP contribution in [0.2, 0.25) is 0 Å². The molecule has 1 aromatic carbocycles. The number of amides is 2. The van der Waals surface area contributed by atoms with Crippen molar-refractivity contribution >= 4 is 6.03 Å². The van der Waals surface area contributed by atoms with Gasteiger partial charge in [0, 0.05) is 49.5 Å². The Morgan fingerprint density at radius 3 is 2.93 bits per heavy atom. The van der Waals surface area contributed by atoms with Gasteiger partial charge in [0.05, 0.1) is 11.7 Å². The first-order chi connectivity index (χ1) is 13.7. The van der Waals surface area contributed by atoms with Crippen LogP contribution in [0.4, 0.5) is 9.18 Å². The van der Waals surface area contributed by atoms with Gasteiger partial charge in [-0.3, -0.25) is 0 Å². The number of benzene rings is 1. The van der Waals surface area contributed by atoms with Crippen LogP contribution < -0.4 is 5.32 Å². The van der Waals surface area contributed by atoms with Crippen LogP contribution in [-0.2, 0) is 11.2 Å². The average Bonchev–Trinajstić information content (AvgIpc) is 3.03. The Labute approximate surface area is 164 Å². The number of fused-ring (bicyclic) bond motifs is 4. The topological polar surface area (TPSA) is 67.3 Å². The van der Waals surface area contributed by atoms with E-state index in [9.17, 15) is 9.18 Å². The van der Waals surface area contributed by atoms with Crippen LogP contribution in [0.5, 0.6) is 0 Å². The highest BCUT2D eigenvalue weighted by Crippen LogP contribution is 2.43. The van der Waals surface area contributed by atoms with Gasteiger partial charge in [-0.1, -0.05) is 0 Å². The van der Waals surface area contributed by atoms with Crippen molar-refractivity contribution in [1.29, 1.82) is 0 Å². The van der Waals surface area contributed by atoms with Crippen molar-refractivity contribution in [2.45, 2.75) is 44.7 Å². The van der Waals surface area contributed by atoms with Gasteiger partial charge in [-0.25, -0.2) is 19.2 Å². The third-order valence-electron chi connectivity index (χ3n) is 5.47. The van der Waals surface area contributed by atoms with Crippen molar-refractivity contribution in [2.24, 2.45) is 0 Å². The van der Waals surface area contributed by atoms with Crippen LogP contribution in [0.25, 0.3) is 11.4 Å². The van der Waals surface area contributed by atoms with Gasteiger partial charge in [0.15, 0.2) is 5.82 Å². The van der Waals surface area contributed by atoms with Crippen LogP contribution in [0.3, 0.4) is 0 Å². The maximum atomic E-state index is 13.2. The maximum absolute atomic E-state index is 13.2. The lowest BCUT2D eigenvalue weighted by molar-refractivity contribution is 0.141. The Balaban J connectivity index is 1.47. The molecule has 6 nitrogen and oxygen atoms in total. The first kappa shape index (κ1) is 18.8. The largest absolute Gasteiger partial charge is 0.382 e. The average molecular weight is 384 g/mol. The first-order valence-electron chi connectivity index (χ1n) is 9.93. The van der Waals surface area contributed by atoms with E-state index in [1.165, 1.54) is 12.1 Å². The number of ether oxygens (including phenoxy) is 1. The number of rotatable bonds is 6. The maximum Gasteiger partial charge on any atom is 0.318 e. The fourth-order valence-corrected chi connectivity index (χ4v) is 4.13. The Morgan fingerprint density at radius 2 is 2.14 bits per heavy atom. The Hall–Kier alpha value is -2.54. The summed E-state index contributed by atoms with van der Waals surface area (Å²) in [4.78, 5) is 23.9. The quantitative estimate of drug-likeness (QED) is 0.775. The minimum absolute atomic E-state index is 0.0164. The zero-order chi connectivity index (χ0) is 19.5. The summed E-state index contributed by atoms with van der Waals surface area (Å²) < 4.78 is 18.5. The third kappa shape index (κ3) is 3.71. The van der Waals surface area contributed by atoms with Crippen molar-refractivity contribution in [3.63, 3.8) is 0 Å². The minimum atomic E-state index is -0.275. The summed E-state index contributed by atoms with van der Waals surface area (Å²) >= 11 is 0. The molecule has 7 heteroatoms. The molecule has 2 aliphatic rings. The highest BCUT2D eigenvalue weighted by molar-refractivity contribution is 5.76. The molecule has 3 heterocycles. The second-order valence-corrected chi connectivity index (χ2v) is 7.24. The summed E-state index contributed by atoms with van der Waals surface area (Å²) in [6, 6.07) is 6.40. The molecule has 4 rings (SSSR count). The van der Waals surface area contributed by atoms with Crippen molar-refractivity contribution in [1.82, 2.24) is 20.2 Å². The smallest absolute Gasteiger partial charge is 0.318 e. The van der Waals surface area contributed by atoms with E-state index >= 15 is 0 Å². The SMILES string of the molecule is CCOCCCNC(=O)N1C2CCC1c1cnc(-c3ccc(F)cc3)nc1C2. The molecule has 0 aliphatic carbocycles. The van der Waals surface area contributed by atoms with Crippen molar-refractivity contribution in [3.05, 3.63) is 47.5 Å². The van der Waals surface area contributed by atoms with Gasteiger partial charge in [-0.15, -0.1) is 0 Å². The van der Waals surface area contributed by atoms with Gasteiger partial charge < -0.3 is 15.0 Å². The number of nitrogens with one attached hydrogen (secondary N) is 1. The minimum Gasteiger partial charge on any atom is -0.382 e.